The summed E-state index contributed by atoms with van der Waals surface area (Å²) < 4.78 is 6.55. The third-order valence-electron chi connectivity index (χ3n) is 2.40. The lowest BCUT2D eigenvalue weighted by atomic mass is 10.4. The van der Waals surface area contributed by atoms with Gasteiger partial charge in [0.05, 0.1) is 31.6 Å². The van der Waals surface area contributed by atoms with Gasteiger partial charge < -0.3 is 20.5 Å². The normalized spacial score (nSPS) is 10.7. The molecule has 108 valence electrons. The lowest BCUT2D eigenvalue weighted by Crippen LogP contribution is -2.28. The fourth-order valence-corrected chi connectivity index (χ4v) is 1.87. The Kier molecular flexibility index (Phi) is 7.65. The van der Waals surface area contributed by atoms with E-state index in [4.69, 9.17) is 9.84 Å². The molecule has 0 radical (unpaired) electrons. The number of anilines is 1. The first-order chi connectivity index (χ1) is 9.20. The van der Waals surface area contributed by atoms with E-state index >= 15 is 0 Å². The number of hydrogen-bond donors (Lipinski definition) is 3. The topological polar surface area (TPSA) is 88.4 Å². The second kappa shape index (κ2) is 9.03. The van der Waals surface area contributed by atoms with Gasteiger partial charge in [-0.2, -0.15) is 5.10 Å². The average molecular weight is 335 g/mol. The highest BCUT2D eigenvalue weighted by Crippen LogP contribution is 2.15. The Morgan fingerprint density at radius 1 is 1.47 bits per heavy atom. The van der Waals surface area contributed by atoms with E-state index in [1.54, 1.807) is 13.3 Å². The van der Waals surface area contributed by atoms with Gasteiger partial charge in [-0.25, -0.2) is 4.68 Å². The Labute approximate surface area is 120 Å². The molecule has 1 heterocycles. The van der Waals surface area contributed by atoms with Crippen molar-refractivity contribution in [3.8, 4) is 0 Å². The van der Waals surface area contributed by atoms with Crippen molar-refractivity contribution in [3.63, 3.8) is 0 Å². The Morgan fingerprint density at radius 3 is 2.95 bits per heavy atom. The van der Waals surface area contributed by atoms with Gasteiger partial charge in [-0.15, -0.1) is 0 Å². The number of hydrogen-bond acceptors (Lipinski definition) is 6. The van der Waals surface area contributed by atoms with Crippen LogP contribution < -0.4 is 16.2 Å². The van der Waals surface area contributed by atoms with Gasteiger partial charge >= 0.3 is 0 Å². The van der Waals surface area contributed by atoms with E-state index in [0.29, 0.717) is 23.3 Å². The predicted molar refractivity (Wildman–Crippen MR) is 76.5 cm³/mol. The molecule has 8 heteroatoms. The highest BCUT2D eigenvalue weighted by atomic mass is 79.9. The fraction of sp³-hybridized carbons (Fsp3) is 0.636. The lowest BCUT2D eigenvalue weighted by molar-refractivity contribution is 0.200. The molecule has 0 amide bonds. The molecule has 7 nitrogen and oxygen atoms in total. The zero-order valence-electron chi connectivity index (χ0n) is 10.9. The monoisotopic (exact) mass is 334 g/mol. The first-order valence-electron chi connectivity index (χ1n) is 6.00. The van der Waals surface area contributed by atoms with Crippen LogP contribution in [0.1, 0.15) is 0 Å². The molecular formula is C11H19BrN4O3. The highest BCUT2D eigenvalue weighted by molar-refractivity contribution is 9.10. The van der Waals surface area contributed by atoms with Crippen LogP contribution in [0, 0.1) is 0 Å². The number of rotatable bonds is 9. The van der Waals surface area contributed by atoms with Crippen LogP contribution in [0.5, 0.6) is 0 Å². The zero-order chi connectivity index (χ0) is 14.1. The summed E-state index contributed by atoms with van der Waals surface area (Å²) in [7, 11) is 1.66. The third kappa shape index (κ3) is 5.27. The SMILES string of the molecule is COCCNCCNc1cnn(CCO)c(=O)c1Br. The Morgan fingerprint density at radius 2 is 2.26 bits per heavy atom. The van der Waals surface area contributed by atoms with Crippen LogP contribution in [-0.2, 0) is 11.3 Å². The van der Waals surface area contributed by atoms with Crippen LogP contribution in [0.2, 0.25) is 0 Å². The van der Waals surface area contributed by atoms with Gasteiger partial charge in [0.2, 0.25) is 0 Å². The van der Waals surface area contributed by atoms with E-state index in [-0.39, 0.29) is 18.7 Å². The predicted octanol–water partition coefficient (Wildman–Crippen LogP) is -0.354. The minimum Gasteiger partial charge on any atom is -0.394 e. The molecule has 0 atom stereocenters. The molecule has 0 aromatic carbocycles. The Balaban J connectivity index is 2.46. The van der Waals surface area contributed by atoms with E-state index in [2.05, 4.69) is 31.7 Å². The van der Waals surface area contributed by atoms with E-state index in [1.807, 2.05) is 0 Å². The molecule has 0 unspecified atom stereocenters. The molecule has 19 heavy (non-hydrogen) atoms. The lowest BCUT2D eigenvalue weighted by Gasteiger charge is -2.10. The van der Waals surface area contributed by atoms with Gasteiger partial charge in [-0.1, -0.05) is 0 Å². The quantitative estimate of drug-likeness (QED) is 0.535. The third-order valence-corrected chi connectivity index (χ3v) is 3.16. The van der Waals surface area contributed by atoms with Crippen molar-refractivity contribution in [1.82, 2.24) is 15.1 Å². The van der Waals surface area contributed by atoms with Crippen molar-refractivity contribution in [2.75, 3.05) is 45.3 Å². The maximum absolute atomic E-state index is 11.8. The summed E-state index contributed by atoms with van der Waals surface area (Å²) in [5, 5.41) is 19.1. The van der Waals surface area contributed by atoms with E-state index in [1.165, 1.54) is 4.68 Å². The summed E-state index contributed by atoms with van der Waals surface area (Å²) in [4.78, 5) is 11.8. The first-order valence-corrected chi connectivity index (χ1v) is 6.80. The van der Waals surface area contributed by atoms with Crippen LogP contribution in [0.3, 0.4) is 0 Å². The molecule has 0 saturated carbocycles. The van der Waals surface area contributed by atoms with Gasteiger partial charge in [0.1, 0.15) is 4.47 Å². The summed E-state index contributed by atoms with van der Waals surface area (Å²) in [6, 6.07) is 0. The summed E-state index contributed by atoms with van der Waals surface area (Å²) in [6.45, 7) is 2.97. The molecule has 0 fully saturated rings. The molecule has 0 aliphatic heterocycles. The zero-order valence-corrected chi connectivity index (χ0v) is 12.4. The Hall–Kier alpha value is -0.960. The summed E-state index contributed by atoms with van der Waals surface area (Å²) in [5.41, 5.74) is 0.388. The van der Waals surface area contributed by atoms with E-state index in [9.17, 15) is 4.79 Å². The van der Waals surface area contributed by atoms with E-state index in [0.717, 1.165) is 13.1 Å². The molecule has 0 spiro atoms. The number of nitrogens with zero attached hydrogens (tertiary/aromatic N) is 2. The molecule has 0 bridgehead atoms. The van der Waals surface area contributed by atoms with Crippen molar-refractivity contribution >= 4 is 21.6 Å². The van der Waals surface area contributed by atoms with E-state index < -0.39 is 0 Å². The standard InChI is InChI=1S/C11H19BrN4O3/c1-19-7-4-13-2-3-14-9-8-15-16(5-6-17)11(18)10(9)12/h8,13-14,17H,2-7H2,1H3. The number of aliphatic hydroxyl groups excluding tert-OH is 1. The van der Waals surface area contributed by atoms with Gasteiger partial charge in [-0.05, 0) is 15.9 Å². The van der Waals surface area contributed by atoms with Gasteiger partial charge in [-0.3, -0.25) is 4.79 Å². The van der Waals surface area contributed by atoms with Crippen LogP contribution in [0.4, 0.5) is 5.69 Å². The molecule has 0 saturated heterocycles. The number of aliphatic hydroxyl groups is 1. The van der Waals surface area contributed by atoms with Crippen molar-refractivity contribution in [3.05, 3.63) is 21.0 Å². The second-order valence-electron chi connectivity index (χ2n) is 3.79. The van der Waals surface area contributed by atoms with Crippen molar-refractivity contribution in [2.45, 2.75) is 6.54 Å². The van der Waals surface area contributed by atoms with Crippen molar-refractivity contribution < 1.29 is 9.84 Å². The number of halogens is 1. The molecule has 1 aromatic rings. The highest BCUT2D eigenvalue weighted by Gasteiger charge is 2.07. The van der Waals surface area contributed by atoms with Crippen LogP contribution >= 0.6 is 15.9 Å². The smallest absolute Gasteiger partial charge is 0.283 e. The molecule has 1 rings (SSSR count). The van der Waals surface area contributed by atoms with Crippen LogP contribution in [0.15, 0.2) is 15.5 Å². The molecule has 3 N–H and O–H groups in total. The number of nitrogens with one attached hydrogen (secondary N) is 2. The number of aromatic nitrogens is 2. The maximum Gasteiger partial charge on any atom is 0.283 e. The maximum atomic E-state index is 11.8. The van der Waals surface area contributed by atoms with Crippen molar-refractivity contribution in [2.24, 2.45) is 0 Å². The minimum absolute atomic E-state index is 0.116. The fourth-order valence-electron chi connectivity index (χ4n) is 1.43. The summed E-state index contributed by atoms with van der Waals surface area (Å²) in [6.07, 6.45) is 1.57. The Bertz CT molecular complexity index is 438. The summed E-state index contributed by atoms with van der Waals surface area (Å²) >= 11 is 3.24. The van der Waals surface area contributed by atoms with Gasteiger partial charge in [0.25, 0.3) is 5.56 Å². The first kappa shape index (κ1) is 16.1. The van der Waals surface area contributed by atoms with Crippen LogP contribution in [0.25, 0.3) is 0 Å². The second-order valence-corrected chi connectivity index (χ2v) is 4.59. The van der Waals surface area contributed by atoms with Gasteiger partial charge in [0, 0.05) is 26.7 Å². The van der Waals surface area contributed by atoms with Crippen LogP contribution in [-0.4, -0.2) is 54.8 Å². The molecule has 0 aliphatic rings. The molecular weight excluding hydrogens is 316 g/mol. The molecule has 1 aromatic heterocycles. The van der Waals surface area contributed by atoms with Gasteiger partial charge in [0.15, 0.2) is 0 Å². The largest absolute Gasteiger partial charge is 0.394 e. The van der Waals surface area contributed by atoms with Crippen molar-refractivity contribution in [1.29, 1.82) is 0 Å². The number of ether oxygens (including phenoxy) is 1. The summed E-state index contributed by atoms with van der Waals surface area (Å²) in [5.74, 6) is 0. The average Bonchev–Trinajstić information content (AvgIpc) is 2.41. The number of methoxy groups -OCH3 is 1. The minimum atomic E-state index is -0.258. The molecule has 0 aliphatic carbocycles.